The van der Waals surface area contributed by atoms with E-state index < -0.39 is 0 Å². The van der Waals surface area contributed by atoms with Gasteiger partial charge >= 0.3 is 6.03 Å². The van der Waals surface area contributed by atoms with E-state index in [-0.39, 0.29) is 30.6 Å². The zero-order valence-electron chi connectivity index (χ0n) is 17.8. The van der Waals surface area contributed by atoms with Crippen LogP contribution in [0.4, 0.5) is 10.5 Å². The van der Waals surface area contributed by atoms with Crippen molar-refractivity contribution in [2.45, 2.75) is 24.9 Å². The van der Waals surface area contributed by atoms with Crippen molar-refractivity contribution in [3.8, 4) is 5.69 Å². The number of nitrogens with zero attached hydrogens (tertiary/aromatic N) is 4. The van der Waals surface area contributed by atoms with Crippen molar-refractivity contribution >= 4 is 17.6 Å². The number of carbonyl (C=O) groups is 2. The highest BCUT2D eigenvalue weighted by molar-refractivity contribution is 6.00. The first-order valence-corrected chi connectivity index (χ1v) is 10.7. The van der Waals surface area contributed by atoms with Gasteiger partial charge in [0.2, 0.25) is 5.91 Å². The van der Waals surface area contributed by atoms with Gasteiger partial charge in [0.25, 0.3) is 0 Å². The molecule has 1 aliphatic carbocycles. The molecule has 6 nitrogen and oxygen atoms in total. The van der Waals surface area contributed by atoms with Crippen molar-refractivity contribution in [1.29, 1.82) is 0 Å². The van der Waals surface area contributed by atoms with Crippen molar-refractivity contribution in [3.05, 3.63) is 84.2 Å². The molecular weight excluding hydrogens is 388 g/mol. The number of carbonyl (C=O) groups excluding carboxylic acids is 2. The van der Waals surface area contributed by atoms with E-state index in [1.807, 2.05) is 59.6 Å². The molecule has 2 aromatic carbocycles. The van der Waals surface area contributed by atoms with Crippen LogP contribution >= 0.6 is 0 Å². The first-order valence-electron chi connectivity index (χ1n) is 10.7. The number of benzene rings is 2. The van der Waals surface area contributed by atoms with Crippen LogP contribution in [0.25, 0.3) is 5.69 Å². The van der Waals surface area contributed by atoms with Gasteiger partial charge in [-0.3, -0.25) is 9.69 Å². The van der Waals surface area contributed by atoms with Crippen LogP contribution in [0, 0.1) is 0 Å². The lowest BCUT2D eigenvalue weighted by molar-refractivity contribution is -0.119. The van der Waals surface area contributed by atoms with E-state index in [4.69, 9.17) is 0 Å². The molecule has 6 heteroatoms. The molecule has 2 aliphatic rings. The zero-order valence-corrected chi connectivity index (χ0v) is 17.8. The first kappa shape index (κ1) is 19.4. The van der Waals surface area contributed by atoms with Crippen molar-refractivity contribution in [2.75, 3.05) is 25.5 Å². The fraction of sp³-hybridized carbons (Fsp3) is 0.280. The second-order valence-corrected chi connectivity index (χ2v) is 8.40. The molecule has 1 aliphatic heterocycles. The summed E-state index contributed by atoms with van der Waals surface area (Å²) in [4.78, 5) is 31.8. The molecule has 1 saturated carbocycles. The van der Waals surface area contributed by atoms with E-state index in [1.165, 1.54) is 0 Å². The Balaban J connectivity index is 1.59. The average Bonchev–Trinajstić information content (AvgIpc) is 3.51. The summed E-state index contributed by atoms with van der Waals surface area (Å²) in [6.45, 7) is 0.0695. The molecule has 3 aromatic rings. The van der Waals surface area contributed by atoms with Crippen LogP contribution < -0.4 is 4.90 Å². The largest absolute Gasteiger partial charge is 0.331 e. The van der Waals surface area contributed by atoms with Crippen LogP contribution in [0.5, 0.6) is 0 Å². The third-order valence-electron chi connectivity index (χ3n) is 6.02. The molecule has 158 valence electrons. The summed E-state index contributed by atoms with van der Waals surface area (Å²) in [6, 6.07) is 21.9. The highest BCUT2D eigenvalue weighted by atomic mass is 16.2. The number of rotatable bonds is 4. The molecule has 31 heavy (non-hydrogen) atoms. The van der Waals surface area contributed by atoms with Crippen LogP contribution in [-0.2, 0) is 4.79 Å². The van der Waals surface area contributed by atoms with E-state index >= 15 is 0 Å². The quantitative estimate of drug-likeness (QED) is 0.646. The van der Waals surface area contributed by atoms with Crippen LogP contribution in [0.3, 0.4) is 0 Å². The van der Waals surface area contributed by atoms with Gasteiger partial charge in [-0.05, 0) is 42.7 Å². The van der Waals surface area contributed by atoms with Gasteiger partial charge in [0.15, 0.2) is 0 Å². The topological polar surface area (TPSA) is 48.8 Å². The minimum Gasteiger partial charge on any atom is -0.331 e. The number of para-hydroxylation sites is 2. The van der Waals surface area contributed by atoms with Gasteiger partial charge in [-0.2, -0.15) is 0 Å². The van der Waals surface area contributed by atoms with Crippen molar-refractivity contribution in [3.63, 3.8) is 0 Å². The first-order chi connectivity index (χ1) is 15.1. The Morgan fingerprint density at radius 2 is 1.58 bits per heavy atom. The smallest absolute Gasteiger partial charge is 0.320 e. The molecule has 0 bridgehead atoms. The number of hydrogen-bond acceptors (Lipinski definition) is 2. The lowest BCUT2D eigenvalue weighted by atomic mass is 9.97. The second kappa shape index (κ2) is 7.61. The third-order valence-corrected chi connectivity index (χ3v) is 6.02. The summed E-state index contributed by atoms with van der Waals surface area (Å²) in [5.74, 6) is -0.0733. The molecule has 1 atom stereocenters. The van der Waals surface area contributed by atoms with Gasteiger partial charge in [-0.25, -0.2) is 4.79 Å². The van der Waals surface area contributed by atoms with E-state index in [0.717, 1.165) is 35.5 Å². The summed E-state index contributed by atoms with van der Waals surface area (Å²) in [6.07, 6.45) is 3.95. The maximum Gasteiger partial charge on any atom is 0.320 e. The molecule has 0 saturated heterocycles. The lowest BCUT2D eigenvalue weighted by Crippen LogP contribution is -2.49. The standard InChI is InChI=1S/C25H26N4O2/c1-26(2)25(31)28(19-14-15-19)17-23(30)29-21-12-7-6-11-20(21)27-16-8-13-22(27)24(29)18-9-4-3-5-10-18/h3-13,16,19,24H,14-15,17H2,1-2H3. The van der Waals surface area contributed by atoms with Crippen LogP contribution in [0.15, 0.2) is 72.9 Å². The molecule has 1 fully saturated rings. The second-order valence-electron chi connectivity index (χ2n) is 8.40. The fourth-order valence-corrected chi connectivity index (χ4v) is 4.43. The Kier molecular flexibility index (Phi) is 4.77. The Morgan fingerprint density at radius 3 is 2.26 bits per heavy atom. The average molecular weight is 415 g/mol. The van der Waals surface area contributed by atoms with Crippen LogP contribution in [0.2, 0.25) is 0 Å². The SMILES string of the molecule is CN(C)C(=O)N(CC(=O)N1c2ccccc2-n2cccc2C1c1ccccc1)C1CC1. The van der Waals surface area contributed by atoms with E-state index in [2.05, 4.69) is 22.8 Å². The number of aromatic nitrogens is 1. The Bertz CT molecular complexity index is 1120. The summed E-state index contributed by atoms with van der Waals surface area (Å²) < 4.78 is 2.15. The number of amides is 3. The number of hydrogen-bond donors (Lipinski definition) is 0. The predicted molar refractivity (Wildman–Crippen MR) is 120 cm³/mol. The molecule has 5 rings (SSSR count). The van der Waals surface area contributed by atoms with Gasteiger partial charge in [0, 0.05) is 26.3 Å². The Morgan fingerprint density at radius 1 is 0.903 bits per heavy atom. The molecule has 0 radical (unpaired) electrons. The summed E-state index contributed by atoms with van der Waals surface area (Å²) in [5, 5.41) is 0. The molecular formula is C25H26N4O2. The molecule has 0 spiro atoms. The summed E-state index contributed by atoms with van der Waals surface area (Å²) >= 11 is 0. The monoisotopic (exact) mass is 414 g/mol. The maximum atomic E-state index is 13.9. The Labute approximate surface area is 182 Å². The van der Waals surface area contributed by atoms with Crippen molar-refractivity contribution < 1.29 is 9.59 Å². The summed E-state index contributed by atoms with van der Waals surface area (Å²) in [5.41, 5.74) is 3.91. The molecule has 1 aromatic heterocycles. The maximum absolute atomic E-state index is 13.9. The predicted octanol–water partition coefficient (Wildman–Crippen LogP) is 4.06. The lowest BCUT2D eigenvalue weighted by Gasteiger charge is -2.39. The Hall–Kier alpha value is -3.54. The van der Waals surface area contributed by atoms with Crippen molar-refractivity contribution in [1.82, 2.24) is 14.4 Å². The van der Waals surface area contributed by atoms with Gasteiger partial charge < -0.3 is 14.4 Å². The molecule has 1 unspecified atom stereocenters. The fourth-order valence-electron chi connectivity index (χ4n) is 4.43. The molecule has 2 heterocycles. The van der Waals surface area contributed by atoms with Crippen molar-refractivity contribution in [2.24, 2.45) is 0 Å². The highest BCUT2D eigenvalue weighted by Crippen LogP contribution is 2.42. The van der Waals surface area contributed by atoms with Gasteiger partial charge in [0.1, 0.15) is 12.6 Å². The minimum absolute atomic E-state index is 0.0695. The summed E-state index contributed by atoms with van der Waals surface area (Å²) in [7, 11) is 3.47. The van der Waals surface area contributed by atoms with E-state index in [9.17, 15) is 9.59 Å². The van der Waals surface area contributed by atoms with Crippen LogP contribution in [-0.4, -0.2) is 53.0 Å². The van der Waals surface area contributed by atoms with Gasteiger partial charge in [0.05, 0.1) is 17.1 Å². The highest BCUT2D eigenvalue weighted by Gasteiger charge is 2.40. The third kappa shape index (κ3) is 3.38. The van der Waals surface area contributed by atoms with E-state index in [0.29, 0.717) is 0 Å². The number of fused-ring (bicyclic) bond motifs is 3. The van der Waals surface area contributed by atoms with E-state index in [1.54, 1.807) is 23.9 Å². The minimum atomic E-state index is -0.255. The van der Waals surface area contributed by atoms with Crippen LogP contribution in [0.1, 0.15) is 30.1 Å². The van der Waals surface area contributed by atoms with Gasteiger partial charge in [-0.15, -0.1) is 0 Å². The normalized spacial score (nSPS) is 17.0. The molecule has 3 amide bonds. The number of anilines is 1. The zero-order chi connectivity index (χ0) is 21.5. The van der Waals surface area contributed by atoms with Gasteiger partial charge in [-0.1, -0.05) is 42.5 Å². The molecule has 0 N–H and O–H groups in total. The number of urea groups is 1.